The molecule has 0 spiro atoms. The molecule has 7 heteroatoms. The number of aliphatic carboxylic acids is 1. The standard InChI is InChI=1S/C23H18N2O5/c1-2-25-18-10-6-4-8-15(18)20(26)19(22(25)28)21(27)16(23(29)30)11-13-12-24-17-9-5-3-7-14(13)17/h3-12,24,26H,2H2,1H3,(H,29,30)/b16-11-. The van der Waals surface area contributed by atoms with E-state index in [0.29, 0.717) is 16.5 Å². The Balaban J connectivity index is 1.95. The fraction of sp³-hybridized carbons (Fsp3) is 0.0870. The lowest BCUT2D eigenvalue weighted by molar-refractivity contribution is -0.132. The van der Waals surface area contributed by atoms with E-state index in [1.807, 2.05) is 12.1 Å². The van der Waals surface area contributed by atoms with Crippen LogP contribution in [-0.4, -0.2) is 31.5 Å². The van der Waals surface area contributed by atoms with Crippen molar-refractivity contribution in [3.63, 3.8) is 0 Å². The summed E-state index contributed by atoms with van der Waals surface area (Å²) in [5.41, 5.74) is -0.147. The van der Waals surface area contributed by atoms with Crippen LogP contribution < -0.4 is 5.56 Å². The first-order chi connectivity index (χ1) is 14.4. The van der Waals surface area contributed by atoms with Crippen molar-refractivity contribution in [1.29, 1.82) is 0 Å². The Morgan fingerprint density at radius 3 is 2.43 bits per heavy atom. The van der Waals surface area contributed by atoms with Gasteiger partial charge in [0.15, 0.2) is 0 Å². The number of pyridine rings is 1. The average molecular weight is 402 g/mol. The summed E-state index contributed by atoms with van der Waals surface area (Å²) < 4.78 is 1.34. The van der Waals surface area contributed by atoms with Gasteiger partial charge in [0.25, 0.3) is 5.56 Å². The third-order valence-electron chi connectivity index (χ3n) is 5.09. The number of hydrogen-bond acceptors (Lipinski definition) is 4. The van der Waals surface area contributed by atoms with Crippen LogP contribution in [0.5, 0.6) is 5.75 Å². The van der Waals surface area contributed by atoms with Crippen LogP contribution in [0.2, 0.25) is 0 Å². The molecule has 2 aromatic carbocycles. The first kappa shape index (κ1) is 19.2. The summed E-state index contributed by atoms with van der Waals surface area (Å²) in [6, 6.07) is 13.9. The summed E-state index contributed by atoms with van der Waals surface area (Å²) in [4.78, 5) is 41.1. The topological polar surface area (TPSA) is 112 Å². The maximum absolute atomic E-state index is 13.2. The van der Waals surface area contributed by atoms with Crippen LogP contribution in [0.25, 0.3) is 27.9 Å². The summed E-state index contributed by atoms with van der Waals surface area (Å²) in [6.07, 6.45) is 2.80. The molecular weight excluding hydrogens is 384 g/mol. The number of ketones is 1. The molecule has 150 valence electrons. The molecule has 0 saturated heterocycles. The van der Waals surface area contributed by atoms with Gasteiger partial charge in [-0.15, -0.1) is 0 Å². The zero-order valence-electron chi connectivity index (χ0n) is 16.0. The molecule has 0 aliphatic heterocycles. The quantitative estimate of drug-likeness (QED) is 0.204. The predicted octanol–water partition coefficient (Wildman–Crippen LogP) is 3.56. The highest BCUT2D eigenvalue weighted by Crippen LogP contribution is 2.29. The number of benzene rings is 2. The zero-order valence-corrected chi connectivity index (χ0v) is 16.0. The van der Waals surface area contributed by atoms with Gasteiger partial charge in [-0.2, -0.15) is 0 Å². The van der Waals surface area contributed by atoms with Gasteiger partial charge in [0.1, 0.15) is 16.9 Å². The van der Waals surface area contributed by atoms with Gasteiger partial charge in [0.05, 0.1) is 5.52 Å². The molecule has 0 atom stereocenters. The lowest BCUT2D eigenvalue weighted by atomic mass is 9.99. The monoisotopic (exact) mass is 402 g/mol. The number of carboxylic acids is 1. The summed E-state index contributed by atoms with van der Waals surface area (Å²) in [7, 11) is 0. The molecule has 30 heavy (non-hydrogen) atoms. The first-order valence-electron chi connectivity index (χ1n) is 9.34. The molecule has 3 N–H and O–H groups in total. The summed E-state index contributed by atoms with van der Waals surface area (Å²) in [5.74, 6) is -3.04. The molecule has 0 amide bonds. The van der Waals surface area contributed by atoms with E-state index in [4.69, 9.17) is 0 Å². The summed E-state index contributed by atoms with van der Waals surface area (Å²) in [6.45, 7) is 1.99. The largest absolute Gasteiger partial charge is 0.506 e. The Kier molecular flexibility index (Phi) is 4.71. The SMILES string of the molecule is CCn1c(=O)c(C(=O)/C(=C/c2c[nH]c3ccccc23)C(=O)O)c(O)c2ccccc21. The molecule has 0 saturated carbocycles. The molecule has 2 aromatic heterocycles. The van der Waals surface area contributed by atoms with E-state index in [0.717, 1.165) is 10.9 Å². The number of fused-ring (bicyclic) bond motifs is 2. The minimum absolute atomic E-state index is 0.258. The van der Waals surface area contributed by atoms with Crippen LogP contribution in [0.1, 0.15) is 22.8 Å². The highest BCUT2D eigenvalue weighted by Gasteiger charge is 2.28. The number of rotatable bonds is 5. The normalized spacial score (nSPS) is 11.8. The minimum atomic E-state index is -1.49. The number of aromatic amines is 1. The maximum Gasteiger partial charge on any atom is 0.339 e. The molecule has 0 fully saturated rings. The molecule has 4 aromatic rings. The van der Waals surface area contributed by atoms with Gasteiger partial charge in [0, 0.05) is 34.6 Å². The summed E-state index contributed by atoms with van der Waals surface area (Å²) in [5, 5.41) is 21.4. The van der Waals surface area contributed by atoms with Crippen molar-refractivity contribution in [2.24, 2.45) is 0 Å². The number of H-pyrrole nitrogens is 1. The number of aromatic nitrogens is 2. The van der Waals surface area contributed by atoms with Crippen molar-refractivity contribution < 1.29 is 19.8 Å². The second kappa shape index (κ2) is 7.36. The second-order valence-electron chi connectivity index (χ2n) is 6.77. The van der Waals surface area contributed by atoms with E-state index >= 15 is 0 Å². The van der Waals surface area contributed by atoms with Crippen LogP contribution in [-0.2, 0) is 11.3 Å². The van der Waals surface area contributed by atoms with Gasteiger partial charge in [-0.3, -0.25) is 9.59 Å². The number of carbonyl (C=O) groups excluding carboxylic acids is 1. The van der Waals surface area contributed by atoms with Crippen molar-refractivity contribution in [1.82, 2.24) is 9.55 Å². The smallest absolute Gasteiger partial charge is 0.339 e. The molecule has 0 unspecified atom stereocenters. The second-order valence-corrected chi connectivity index (χ2v) is 6.77. The Morgan fingerprint density at radius 1 is 1.07 bits per heavy atom. The number of Topliss-reactive ketones (excluding diaryl/α,β-unsaturated/α-hetero) is 1. The lowest BCUT2D eigenvalue weighted by Crippen LogP contribution is -2.28. The van der Waals surface area contributed by atoms with E-state index in [1.54, 1.807) is 49.5 Å². The van der Waals surface area contributed by atoms with Crippen molar-refractivity contribution in [3.8, 4) is 5.75 Å². The van der Waals surface area contributed by atoms with E-state index in [1.165, 1.54) is 10.6 Å². The fourth-order valence-electron chi connectivity index (χ4n) is 3.64. The van der Waals surface area contributed by atoms with Crippen LogP contribution >= 0.6 is 0 Å². The highest BCUT2D eigenvalue weighted by molar-refractivity contribution is 6.28. The van der Waals surface area contributed by atoms with E-state index in [2.05, 4.69) is 4.98 Å². The Bertz CT molecular complexity index is 1410. The molecule has 0 radical (unpaired) electrons. The molecule has 0 aliphatic carbocycles. The van der Waals surface area contributed by atoms with Gasteiger partial charge in [-0.1, -0.05) is 30.3 Å². The number of aryl methyl sites for hydroxylation is 1. The number of carbonyl (C=O) groups is 2. The van der Waals surface area contributed by atoms with Gasteiger partial charge < -0.3 is 19.8 Å². The van der Waals surface area contributed by atoms with Gasteiger partial charge in [0.2, 0.25) is 5.78 Å². The molecule has 4 rings (SSSR count). The van der Waals surface area contributed by atoms with Gasteiger partial charge >= 0.3 is 5.97 Å². The number of aromatic hydroxyl groups is 1. The van der Waals surface area contributed by atoms with Crippen LogP contribution in [0.3, 0.4) is 0 Å². The van der Waals surface area contributed by atoms with Gasteiger partial charge in [-0.25, -0.2) is 4.79 Å². The lowest BCUT2D eigenvalue weighted by Gasteiger charge is -2.13. The van der Waals surface area contributed by atoms with Crippen molar-refractivity contribution in [2.75, 3.05) is 0 Å². The Hall–Kier alpha value is -4.13. The van der Waals surface area contributed by atoms with Crippen LogP contribution in [0, 0.1) is 0 Å². The number of nitrogens with zero attached hydrogens (tertiary/aromatic N) is 1. The number of nitrogens with one attached hydrogen (secondary N) is 1. The third-order valence-corrected chi connectivity index (χ3v) is 5.09. The van der Waals surface area contributed by atoms with Crippen LogP contribution in [0.15, 0.2) is 65.1 Å². The Labute approximate surface area is 170 Å². The fourth-order valence-corrected chi connectivity index (χ4v) is 3.64. The molecular formula is C23H18N2O5. The molecule has 0 bridgehead atoms. The number of para-hydroxylation sites is 2. The highest BCUT2D eigenvalue weighted by atomic mass is 16.4. The van der Waals surface area contributed by atoms with E-state index in [9.17, 15) is 24.6 Å². The van der Waals surface area contributed by atoms with E-state index < -0.39 is 34.2 Å². The summed E-state index contributed by atoms with van der Waals surface area (Å²) >= 11 is 0. The zero-order chi connectivity index (χ0) is 21.4. The molecule has 0 aliphatic rings. The molecule has 2 heterocycles. The maximum atomic E-state index is 13.2. The third kappa shape index (κ3) is 2.97. The van der Waals surface area contributed by atoms with Gasteiger partial charge in [-0.05, 0) is 31.2 Å². The first-order valence-corrected chi connectivity index (χ1v) is 9.34. The van der Waals surface area contributed by atoms with Crippen LogP contribution in [0.4, 0.5) is 0 Å². The number of carboxylic acid groups (broad SMARTS) is 1. The van der Waals surface area contributed by atoms with Crippen molar-refractivity contribution >= 4 is 39.6 Å². The van der Waals surface area contributed by atoms with E-state index in [-0.39, 0.29) is 6.54 Å². The Morgan fingerprint density at radius 2 is 1.73 bits per heavy atom. The van der Waals surface area contributed by atoms with Crippen molar-refractivity contribution in [3.05, 3.63) is 81.8 Å². The van der Waals surface area contributed by atoms with Crippen molar-refractivity contribution in [2.45, 2.75) is 13.5 Å². The molecule has 7 nitrogen and oxygen atoms in total. The minimum Gasteiger partial charge on any atom is -0.506 e. The predicted molar refractivity (Wildman–Crippen MR) is 114 cm³/mol. The average Bonchev–Trinajstić information content (AvgIpc) is 3.15. The number of hydrogen-bond donors (Lipinski definition) is 3.